The number of amides is 1. The van der Waals surface area contributed by atoms with E-state index in [-0.39, 0.29) is 5.69 Å². The summed E-state index contributed by atoms with van der Waals surface area (Å²) in [4.78, 5) is 34.0. The van der Waals surface area contributed by atoms with E-state index in [4.69, 9.17) is 0 Å². The molecule has 3 aromatic rings. The van der Waals surface area contributed by atoms with Gasteiger partial charge in [0.05, 0.1) is 0 Å². The molecule has 8 heteroatoms. The molecule has 0 bridgehead atoms. The Balaban J connectivity index is 1.93. The largest absolute Gasteiger partial charge is 0.479 e. The molecule has 3 rings (SSSR count). The van der Waals surface area contributed by atoms with Gasteiger partial charge in [-0.2, -0.15) is 0 Å². The van der Waals surface area contributed by atoms with Crippen LogP contribution in [0.2, 0.25) is 0 Å². The first-order valence-electron chi connectivity index (χ1n) is 6.40. The predicted molar refractivity (Wildman–Crippen MR) is 79.8 cm³/mol. The maximum atomic E-state index is 12.5. The summed E-state index contributed by atoms with van der Waals surface area (Å²) in [6.45, 7) is 0. The molecule has 0 aliphatic carbocycles. The zero-order valence-corrected chi connectivity index (χ0v) is 12.4. The van der Waals surface area contributed by atoms with Gasteiger partial charge in [0.15, 0.2) is 11.0 Å². The summed E-state index contributed by atoms with van der Waals surface area (Å²) in [5, 5.41) is 11.3. The number of imidazole rings is 1. The van der Waals surface area contributed by atoms with Gasteiger partial charge in [0.1, 0.15) is 5.69 Å². The highest BCUT2D eigenvalue weighted by Gasteiger charge is 2.30. The number of rotatable bonds is 4. The van der Waals surface area contributed by atoms with E-state index in [9.17, 15) is 14.7 Å². The number of carboxylic acid groups (broad SMARTS) is 1. The topological polar surface area (TPSA) is 87.8 Å². The molecule has 0 aliphatic heterocycles. The Morgan fingerprint density at radius 1 is 1.45 bits per heavy atom. The molecule has 7 nitrogen and oxygen atoms in total. The first kappa shape index (κ1) is 14.2. The van der Waals surface area contributed by atoms with Crippen molar-refractivity contribution in [2.45, 2.75) is 6.04 Å². The lowest BCUT2D eigenvalue weighted by atomic mass is 10.1. The molecule has 0 spiro atoms. The van der Waals surface area contributed by atoms with E-state index < -0.39 is 17.9 Å². The summed E-state index contributed by atoms with van der Waals surface area (Å²) in [7, 11) is 1.45. The van der Waals surface area contributed by atoms with Crippen LogP contribution in [0.25, 0.3) is 4.96 Å². The average Bonchev–Trinajstić information content (AvgIpc) is 3.08. The number of likely N-dealkylation sites (N-methyl/N-ethyl adjacent to an activating group) is 1. The smallest absolute Gasteiger partial charge is 0.331 e. The Morgan fingerprint density at radius 3 is 2.91 bits per heavy atom. The van der Waals surface area contributed by atoms with Crippen molar-refractivity contribution in [3.63, 3.8) is 0 Å². The molecule has 0 unspecified atom stereocenters. The molecule has 1 atom stereocenters. The molecular formula is C14H12N4O3S. The lowest BCUT2D eigenvalue weighted by Gasteiger charge is -2.24. The van der Waals surface area contributed by atoms with Crippen LogP contribution in [0.3, 0.4) is 0 Å². The Morgan fingerprint density at radius 2 is 2.27 bits per heavy atom. The third-order valence-corrected chi connectivity index (χ3v) is 4.02. The summed E-state index contributed by atoms with van der Waals surface area (Å²) in [5.74, 6) is -1.57. The monoisotopic (exact) mass is 316 g/mol. The van der Waals surface area contributed by atoms with E-state index in [0.29, 0.717) is 10.5 Å². The number of pyridine rings is 1. The second kappa shape index (κ2) is 5.57. The Hall–Kier alpha value is -2.74. The quantitative estimate of drug-likeness (QED) is 0.791. The number of carbonyl (C=O) groups excluding carboxylic acids is 1. The minimum atomic E-state index is -1.12. The molecule has 0 saturated heterocycles. The highest BCUT2D eigenvalue weighted by Crippen LogP contribution is 2.21. The fourth-order valence-electron chi connectivity index (χ4n) is 2.20. The third-order valence-electron chi connectivity index (χ3n) is 3.25. The number of nitrogens with zero attached hydrogens (tertiary/aromatic N) is 4. The van der Waals surface area contributed by atoms with Crippen molar-refractivity contribution in [1.82, 2.24) is 19.3 Å². The number of hydrogen-bond acceptors (Lipinski definition) is 5. The van der Waals surface area contributed by atoms with Crippen LogP contribution in [0.4, 0.5) is 0 Å². The zero-order chi connectivity index (χ0) is 15.7. The Bertz CT molecular complexity index is 798. The van der Waals surface area contributed by atoms with Crippen LogP contribution in [0.5, 0.6) is 0 Å². The second-order valence-corrected chi connectivity index (χ2v) is 5.54. The highest BCUT2D eigenvalue weighted by atomic mass is 32.1. The summed E-state index contributed by atoms with van der Waals surface area (Å²) in [5.41, 5.74) is 0.649. The molecule has 3 aromatic heterocycles. The molecule has 0 fully saturated rings. The van der Waals surface area contributed by atoms with Crippen LogP contribution in [0.15, 0.2) is 42.3 Å². The maximum absolute atomic E-state index is 12.5. The van der Waals surface area contributed by atoms with Crippen LogP contribution in [-0.4, -0.2) is 43.3 Å². The van der Waals surface area contributed by atoms with Gasteiger partial charge < -0.3 is 10.0 Å². The van der Waals surface area contributed by atoms with Gasteiger partial charge in [-0.15, -0.1) is 11.3 Å². The third kappa shape index (κ3) is 2.44. The van der Waals surface area contributed by atoms with Crippen LogP contribution < -0.4 is 0 Å². The van der Waals surface area contributed by atoms with Gasteiger partial charge in [-0.1, -0.05) is 6.07 Å². The first-order valence-corrected chi connectivity index (χ1v) is 7.28. The molecule has 1 N–H and O–H groups in total. The molecule has 0 aromatic carbocycles. The average molecular weight is 316 g/mol. The fourth-order valence-corrected chi connectivity index (χ4v) is 2.90. The van der Waals surface area contributed by atoms with Crippen LogP contribution >= 0.6 is 11.3 Å². The minimum Gasteiger partial charge on any atom is -0.479 e. The maximum Gasteiger partial charge on any atom is 0.331 e. The second-order valence-electron chi connectivity index (χ2n) is 4.66. The van der Waals surface area contributed by atoms with Crippen molar-refractivity contribution in [2.24, 2.45) is 0 Å². The van der Waals surface area contributed by atoms with Crippen molar-refractivity contribution in [3.8, 4) is 0 Å². The fraction of sp³-hybridized carbons (Fsp3) is 0.143. The van der Waals surface area contributed by atoms with Crippen molar-refractivity contribution in [1.29, 1.82) is 0 Å². The van der Waals surface area contributed by atoms with E-state index >= 15 is 0 Å². The van der Waals surface area contributed by atoms with E-state index in [1.807, 2.05) is 5.38 Å². The van der Waals surface area contributed by atoms with E-state index in [1.165, 1.54) is 24.6 Å². The number of carbonyl (C=O) groups is 2. The molecule has 0 aliphatic rings. The van der Waals surface area contributed by atoms with Gasteiger partial charge in [0.25, 0.3) is 5.91 Å². The lowest BCUT2D eigenvalue weighted by Crippen LogP contribution is -2.36. The van der Waals surface area contributed by atoms with Crippen LogP contribution in [-0.2, 0) is 4.79 Å². The molecule has 0 radical (unpaired) electrons. The summed E-state index contributed by atoms with van der Waals surface area (Å²) >= 11 is 1.40. The summed E-state index contributed by atoms with van der Waals surface area (Å²) in [6.07, 6.45) is 6.37. The molecular weight excluding hydrogens is 304 g/mol. The van der Waals surface area contributed by atoms with Crippen LogP contribution in [0.1, 0.15) is 22.1 Å². The number of carboxylic acids is 1. The SMILES string of the molecule is CN(C(=O)c1cn2ccsc2n1)[C@H](C(=O)O)c1cccnc1. The summed E-state index contributed by atoms with van der Waals surface area (Å²) in [6, 6.07) is 2.15. The van der Waals surface area contributed by atoms with Gasteiger partial charge >= 0.3 is 5.97 Å². The first-order chi connectivity index (χ1) is 10.6. The van der Waals surface area contributed by atoms with Gasteiger partial charge in [-0.05, 0) is 6.07 Å². The molecule has 1 amide bonds. The van der Waals surface area contributed by atoms with Crippen molar-refractivity contribution < 1.29 is 14.7 Å². The molecule has 0 saturated carbocycles. The minimum absolute atomic E-state index is 0.212. The predicted octanol–water partition coefficient (Wildman–Crippen LogP) is 1.69. The number of hydrogen-bond donors (Lipinski definition) is 1. The number of aliphatic carboxylic acids is 1. The number of fused-ring (bicyclic) bond motifs is 1. The number of aromatic nitrogens is 3. The van der Waals surface area contributed by atoms with Gasteiger partial charge in [-0.25, -0.2) is 9.78 Å². The van der Waals surface area contributed by atoms with Crippen molar-refractivity contribution in [3.05, 3.63) is 53.6 Å². The zero-order valence-electron chi connectivity index (χ0n) is 11.6. The Labute approximate surface area is 129 Å². The van der Waals surface area contributed by atoms with Gasteiger partial charge in [0, 0.05) is 42.8 Å². The van der Waals surface area contributed by atoms with Crippen molar-refractivity contribution >= 4 is 28.2 Å². The molecule has 3 heterocycles. The summed E-state index contributed by atoms with van der Waals surface area (Å²) < 4.78 is 1.73. The number of thiazole rings is 1. The standard InChI is InChI=1S/C14H12N4O3S/c1-17(11(13(20)21)9-3-2-4-15-7-9)12(19)10-8-18-5-6-22-14(18)16-10/h2-8,11H,1H3,(H,20,21)/t11-/m0/s1. The van der Waals surface area contributed by atoms with E-state index in [0.717, 1.165) is 4.90 Å². The lowest BCUT2D eigenvalue weighted by molar-refractivity contribution is -0.142. The van der Waals surface area contributed by atoms with Crippen molar-refractivity contribution in [2.75, 3.05) is 7.05 Å². The normalized spacial score (nSPS) is 12.2. The van der Waals surface area contributed by atoms with E-state index in [1.54, 1.807) is 35.1 Å². The van der Waals surface area contributed by atoms with Gasteiger partial charge in [-0.3, -0.25) is 14.2 Å². The Kier molecular flexibility index (Phi) is 3.60. The van der Waals surface area contributed by atoms with E-state index in [2.05, 4.69) is 9.97 Å². The van der Waals surface area contributed by atoms with Crippen LogP contribution in [0, 0.1) is 0 Å². The molecule has 112 valence electrons. The molecule has 22 heavy (non-hydrogen) atoms. The highest BCUT2D eigenvalue weighted by molar-refractivity contribution is 7.15. The van der Waals surface area contributed by atoms with Gasteiger partial charge in [0.2, 0.25) is 0 Å².